The lowest BCUT2D eigenvalue weighted by Gasteiger charge is -2.06. The van der Waals surface area contributed by atoms with Gasteiger partial charge in [0, 0.05) is 7.05 Å². The maximum absolute atomic E-state index is 11.9. The van der Waals surface area contributed by atoms with E-state index >= 15 is 0 Å². The van der Waals surface area contributed by atoms with E-state index in [2.05, 4.69) is 15.5 Å². The average Bonchev–Trinajstić information content (AvgIpc) is 2.91. The molecule has 0 radical (unpaired) electrons. The Balaban J connectivity index is 1.96. The number of hydrogen-bond acceptors (Lipinski definition) is 5. The second-order valence-corrected chi connectivity index (χ2v) is 4.71. The summed E-state index contributed by atoms with van der Waals surface area (Å²) in [4.78, 5) is 22.1. The Kier molecular flexibility index (Phi) is 4.01. The van der Waals surface area contributed by atoms with Crippen molar-refractivity contribution in [2.75, 3.05) is 0 Å². The van der Waals surface area contributed by atoms with Crippen LogP contribution in [0.2, 0.25) is 0 Å². The summed E-state index contributed by atoms with van der Waals surface area (Å²) in [6.45, 7) is 3.72. The third-order valence-corrected chi connectivity index (χ3v) is 3.13. The van der Waals surface area contributed by atoms with E-state index in [1.807, 2.05) is 13.0 Å². The number of rotatable bonds is 5. The van der Waals surface area contributed by atoms with Gasteiger partial charge < -0.3 is 5.32 Å². The standard InChI is InChI=1S/C12H16N6O3/c1-8-4-10(16(3)15-8)5-13-12(19)7-17-9(2)11(6-14-17)18(20)21/h4,6H,5,7H2,1-3H3,(H,13,19). The van der Waals surface area contributed by atoms with Gasteiger partial charge in [0.15, 0.2) is 0 Å². The van der Waals surface area contributed by atoms with Crippen molar-refractivity contribution in [3.8, 4) is 0 Å². The molecule has 0 fully saturated rings. The van der Waals surface area contributed by atoms with Crippen LogP contribution in [-0.4, -0.2) is 30.4 Å². The molecule has 0 aliphatic heterocycles. The molecule has 0 unspecified atom stereocenters. The Bertz CT molecular complexity index is 687. The van der Waals surface area contributed by atoms with Crippen LogP contribution in [0.1, 0.15) is 17.1 Å². The molecule has 2 aromatic heterocycles. The molecular weight excluding hydrogens is 276 g/mol. The van der Waals surface area contributed by atoms with Gasteiger partial charge in [0.2, 0.25) is 5.91 Å². The molecule has 0 atom stereocenters. The quantitative estimate of drug-likeness (QED) is 0.636. The van der Waals surface area contributed by atoms with Crippen LogP contribution in [0.3, 0.4) is 0 Å². The molecule has 0 aromatic carbocycles. The lowest BCUT2D eigenvalue weighted by molar-refractivity contribution is -0.385. The van der Waals surface area contributed by atoms with E-state index < -0.39 is 4.92 Å². The third-order valence-electron chi connectivity index (χ3n) is 3.13. The Hall–Kier alpha value is -2.71. The van der Waals surface area contributed by atoms with Crippen molar-refractivity contribution in [1.82, 2.24) is 24.9 Å². The van der Waals surface area contributed by atoms with Gasteiger partial charge in [-0.2, -0.15) is 10.2 Å². The van der Waals surface area contributed by atoms with Crippen molar-refractivity contribution in [2.45, 2.75) is 26.9 Å². The Morgan fingerprint density at radius 3 is 2.71 bits per heavy atom. The maximum atomic E-state index is 11.9. The van der Waals surface area contributed by atoms with Crippen LogP contribution in [-0.2, 0) is 24.9 Å². The highest BCUT2D eigenvalue weighted by Crippen LogP contribution is 2.15. The van der Waals surface area contributed by atoms with Gasteiger partial charge in [-0.1, -0.05) is 0 Å². The first-order valence-corrected chi connectivity index (χ1v) is 6.31. The topological polar surface area (TPSA) is 108 Å². The lowest BCUT2D eigenvalue weighted by Crippen LogP contribution is -2.28. The van der Waals surface area contributed by atoms with Crippen LogP contribution in [0.25, 0.3) is 0 Å². The van der Waals surface area contributed by atoms with Gasteiger partial charge >= 0.3 is 5.69 Å². The van der Waals surface area contributed by atoms with Crippen LogP contribution >= 0.6 is 0 Å². The zero-order valence-corrected chi connectivity index (χ0v) is 12.0. The first kappa shape index (κ1) is 14.7. The molecule has 2 heterocycles. The smallest absolute Gasteiger partial charge is 0.309 e. The minimum Gasteiger partial charge on any atom is -0.349 e. The molecule has 0 saturated heterocycles. The Labute approximate surface area is 120 Å². The summed E-state index contributed by atoms with van der Waals surface area (Å²) in [5, 5.41) is 21.5. The highest BCUT2D eigenvalue weighted by Gasteiger charge is 2.17. The molecule has 0 bridgehead atoms. The SMILES string of the molecule is Cc1cc(CNC(=O)Cn2ncc([N+](=O)[O-])c2C)n(C)n1. The molecular formula is C12H16N6O3. The monoisotopic (exact) mass is 292 g/mol. The maximum Gasteiger partial charge on any atom is 0.309 e. The molecule has 9 heteroatoms. The fourth-order valence-corrected chi connectivity index (χ4v) is 1.99. The molecule has 0 saturated carbocycles. The van der Waals surface area contributed by atoms with E-state index in [1.165, 1.54) is 4.68 Å². The number of aryl methyl sites for hydroxylation is 2. The normalized spacial score (nSPS) is 10.6. The molecule has 0 aliphatic carbocycles. The van der Waals surface area contributed by atoms with E-state index in [0.29, 0.717) is 12.2 Å². The number of aromatic nitrogens is 4. The van der Waals surface area contributed by atoms with Gasteiger partial charge in [0.25, 0.3) is 0 Å². The molecule has 0 spiro atoms. The number of nitro groups is 1. The first-order chi connectivity index (χ1) is 9.88. The minimum atomic E-state index is -0.519. The number of carbonyl (C=O) groups is 1. The van der Waals surface area contributed by atoms with Gasteiger partial charge in [-0.25, -0.2) is 0 Å². The van der Waals surface area contributed by atoms with Crippen molar-refractivity contribution in [3.63, 3.8) is 0 Å². The number of nitrogens with one attached hydrogen (secondary N) is 1. The average molecular weight is 292 g/mol. The third kappa shape index (κ3) is 3.25. The van der Waals surface area contributed by atoms with Crippen molar-refractivity contribution < 1.29 is 9.72 Å². The zero-order chi connectivity index (χ0) is 15.6. The fourth-order valence-electron chi connectivity index (χ4n) is 1.99. The number of hydrogen-bond donors (Lipinski definition) is 1. The Morgan fingerprint density at radius 1 is 1.48 bits per heavy atom. The van der Waals surface area contributed by atoms with E-state index in [4.69, 9.17) is 0 Å². The zero-order valence-electron chi connectivity index (χ0n) is 12.0. The van der Waals surface area contributed by atoms with Crippen LogP contribution in [0.15, 0.2) is 12.3 Å². The van der Waals surface area contributed by atoms with Gasteiger partial charge in [-0.15, -0.1) is 0 Å². The van der Waals surface area contributed by atoms with Crippen molar-refractivity contribution in [1.29, 1.82) is 0 Å². The summed E-state index contributed by atoms with van der Waals surface area (Å²) in [5.74, 6) is -0.269. The molecule has 1 amide bonds. The van der Waals surface area contributed by atoms with E-state index in [1.54, 1.807) is 18.7 Å². The second-order valence-electron chi connectivity index (χ2n) is 4.71. The van der Waals surface area contributed by atoms with Crippen molar-refractivity contribution >= 4 is 11.6 Å². The molecule has 2 aromatic rings. The van der Waals surface area contributed by atoms with Crippen molar-refractivity contribution in [3.05, 3.63) is 39.5 Å². The number of amides is 1. The van der Waals surface area contributed by atoms with E-state index in [0.717, 1.165) is 17.6 Å². The summed E-state index contributed by atoms with van der Waals surface area (Å²) in [6.07, 6.45) is 1.15. The summed E-state index contributed by atoms with van der Waals surface area (Å²) in [6, 6.07) is 1.88. The molecule has 112 valence electrons. The highest BCUT2D eigenvalue weighted by molar-refractivity contribution is 5.75. The van der Waals surface area contributed by atoms with Crippen LogP contribution in [0.5, 0.6) is 0 Å². The largest absolute Gasteiger partial charge is 0.349 e. The van der Waals surface area contributed by atoms with Crippen LogP contribution < -0.4 is 5.32 Å². The molecule has 1 N–H and O–H groups in total. The predicted octanol–water partition coefficient (Wildman–Crippen LogP) is 0.458. The summed E-state index contributed by atoms with van der Waals surface area (Å²) in [5.41, 5.74) is 2.01. The van der Waals surface area contributed by atoms with Crippen LogP contribution in [0.4, 0.5) is 5.69 Å². The van der Waals surface area contributed by atoms with E-state index in [9.17, 15) is 14.9 Å². The molecule has 21 heavy (non-hydrogen) atoms. The van der Waals surface area contributed by atoms with Crippen molar-refractivity contribution in [2.24, 2.45) is 7.05 Å². The Morgan fingerprint density at radius 2 is 2.19 bits per heavy atom. The predicted molar refractivity (Wildman–Crippen MR) is 73.4 cm³/mol. The van der Waals surface area contributed by atoms with Gasteiger partial charge in [0.1, 0.15) is 18.4 Å². The molecule has 9 nitrogen and oxygen atoms in total. The number of nitrogens with zero attached hydrogens (tertiary/aromatic N) is 5. The first-order valence-electron chi connectivity index (χ1n) is 6.31. The summed E-state index contributed by atoms with van der Waals surface area (Å²) >= 11 is 0. The minimum absolute atomic E-state index is 0.0590. The summed E-state index contributed by atoms with van der Waals surface area (Å²) < 4.78 is 3.00. The van der Waals surface area contributed by atoms with E-state index in [-0.39, 0.29) is 18.1 Å². The van der Waals surface area contributed by atoms with Gasteiger partial charge in [-0.3, -0.25) is 24.3 Å². The lowest BCUT2D eigenvalue weighted by atomic mass is 10.3. The fraction of sp³-hybridized carbons (Fsp3) is 0.417. The van der Waals surface area contributed by atoms with Gasteiger partial charge in [-0.05, 0) is 19.9 Å². The van der Waals surface area contributed by atoms with Gasteiger partial charge in [0.05, 0.1) is 22.9 Å². The number of carbonyl (C=O) groups excluding carboxylic acids is 1. The second kappa shape index (κ2) is 5.73. The molecule has 2 rings (SSSR count). The highest BCUT2D eigenvalue weighted by atomic mass is 16.6. The summed E-state index contributed by atoms with van der Waals surface area (Å²) in [7, 11) is 1.80. The van der Waals surface area contributed by atoms with Crippen LogP contribution in [0, 0.1) is 24.0 Å². The molecule has 0 aliphatic rings.